The number of aliphatic hydroxyl groups excluding tert-OH is 1. The first-order valence-corrected chi connectivity index (χ1v) is 5.72. The van der Waals surface area contributed by atoms with Crippen LogP contribution in [0.5, 0.6) is 0 Å². The number of terminal acetylenes is 1. The van der Waals surface area contributed by atoms with Crippen molar-refractivity contribution in [2.24, 2.45) is 5.92 Å². The van der Waals surface area contributed by atoms with Crippen LogP contribution in [0.2, 0.25) is 0 Å². The fourth-order valence-electron chi connectivity index (χ4n) is 3.17. The van der Waals surface area contributed by atoms with Gasteiger partial charge in [0.1, 0.15) is 0 Å². The molecule has 0 bridgehead atoms. The van der Waals surface area contributed by atoms with Crippen molar-refractivity contribution < 1.29 is 9.90 Å². The molecule has 1 N–H and O–H groups in total. The smallest absolute Gasteiger partial charge is 0.162 e. The highest BCUT2D eigenvalue weighted by atomic mass is 16.2. The zero-order valence-corrected chi connectivity index (χ0v) is 9.31. The Hall–Kier alpha value is -2.01. The highest BCUT2D eigenvalue weighted by Gasteiger charge is 2.44. The van der Waals surface area contributed by atoms with Gasteiger partial charge in [0.05, 0.1) is 6.26 Å². The number of carbonyl (C=O) groups excluding carboxylic acids is 1. The van der Waals surface area contributed by atoms with E-state index in [9.17, 15) is 4.79 Å². The molecule has 17 heavy (non-hydrogen) atoms. The fraction of sp³-hybridized carbons (Fsp3) is 0.267. The van der Waals surface area contributed by atoms with Crippen LogP contribution < -0.4 is 0 Å². The van der Waals surface area contributed by atoms with E-state index in [4.69, 9.17) is 11.5 Å². The molecule has 2 aliphatic rings. The molecule has 1 aromatic carbocycles. The Kier molecular flexibility index (Phi) is 2.09. The number of hydrogen-bond donors (Lipinski definition) is 1. The van der Waals surface area contributed by atoms with Crippen molar-refractivity contribution in [3.63, 3.8) is 0 Å². The first-order valence-electron chi connectivity index (χ1n) is 5.72. The zero-order valence-electron chi connectivity index (χ0n) is 9.31. The standard InChI is InChI=1S/C15H12O2/c1-2-9-4-3-5-10-11(9)6-12-13(10)7-15(17)14(12)8-16/h1,3-5,8,12-13,16H,6-7H2/b14-8-. The molecule has 1 saturated carbocycles. The Balaban J connectivity index is 2.13. The van der Waals surface area contributed by atoms with Gasteiger partial charge in [-0.05, 0) is 29.5 Å². The monoisotopic (exact) mass is 224 g/mol. The molecule has 1 aromatic rings. The molecule has 0 radical (unpaired) electrons. The van der Waals surface area contributed by atoms with Crippen LogP contribution in [-0.2, 0) is 11.2 Å². The van der Waals surface area contributed by atoms with Crippen LogP contribution in [0.15, 0.2) is 30.0 Å². The van der Waals surface area contributed by atoms with Gasteiger partial charge in [0.15, 0.2) is 5.78 Å². The second kappa shape index (κ2) is 3.49. The fourth-order valence-corrected chi connectivity index (χ4v) is 3.17. The van der Waals surface area contributed by atoms with Crippen molar-refractivity contribution in [2.75, 3.05) is 0 Å². The van der Waals surface area contributed by atoms with Gasteiger partial charge in [0, 0.05) is 23.5 Å². The van der Waals surface area contributed by atoms with E-state index in [2.05, 4.69) is 12.0 Å². The maximum Gasteiger partial charge on any atom is 0.162 e. The summed E-state index contributed by atoms with van der Waals surface area (Å²) in [6.07, 6.45) is 7.74. The van der Waals surface area contributed by atoms with Gasteiger partial charge >= 0.3 is 0 Å². The molecule has 2 unspecified atom stereocenters. The average molecular weight is 224 g/mol. The largest absolute Gasteiger partial charge is 0.515 e. The molecule has 2 aliphatic carbocycles. The van der Waals surface area contributed by atoms with Gasteiger partial charge in [-0.25, -0.2) is 0 Å². The summed E-state index contributed by atoms with van der Waals surface area (Å²) in [5.41, 5.74) is 3.85. The van der Waals surface area contributed by atoms with E-state index in [0.717, 1.165) is 18.2 Å². The third-order valence-corrected chi connectivity index (χ3v) is 3.94. The van der Waals surface area contributed by atoms with Crippen LogP contribution in [0.1, 0.15) is 29.0 Å². The Labute approximate surface area is 100.0 Å². The van der Waals surface area contributed by atoms with Crippen LogP contribution in [0, 0.1) is 18.3 Å². The minimum atomic E-state index is 0.0688. The molecule has 0 heterocycles. The summed E-state index contributed by atoms with van der Waals surface area (Å²) >= 11 is 0. The number of carbonyl (C=O) groups is 1. The topological polar surface area (TPSA) is 37.3 Å². The number of Topliss-reactive ketones (excluding diaryl/α,β-unsaturated/α-hetero) is 1. The third-order valence-electron chi connectivity index (χ3n) is 3.94. The van der Waals surface area contributed by atoms with Gasteiger partial charge in [0.25, 0.3) is 0 Å². The molecule has 2 heteroatoms. The number of ketones is 1. The molecule has 0 saturated heterocycles. The molecule has 1 fully saturated rings. The average Bonchev–Trinajstić information content (AvgIpc) is 2.83. The third kappa shape index (κ3) is 1.26. The van der Waals surface area contributed by atoms with Crippen LogP contribution in [0.4, 0.5) is 0 Å². The van der Waals surface area contributed by atoms with Crippen molar-refractivity contribution >= 4 is 5.78 Å². The quantitative estimate of drug-likeness (QED) is 0.417. The summed E-state index contributed by atoms with van der Waals surface area (Å²) in [7, 11) is 0. The van der Waals surface area contributed by atoms with Gasteiger partial charge < -0.3 is 5.11 Å². The summed E-state index contributed by atoms with van der Waals surface area (Å²) in [5.74, 6) is 3.10. The molecule has 3 rings (SSSR count). The molecule has 2 atom stereocenters. The molecule has 0 amide bonds. The van der Waals surface area contributed by atoms with Crippen molar-refractivity contribution in [2.45, 2.75) is 18.8 Å². The van der Waals surface area contributed by atoms with Gasteiger partial charge in [-0.2, -0.15) is 0 Å². The first-order chi connectivity index (χ1) is 8.26. The summed E-state index contributed by atoms with van der Waals surface area (Å²) in [4.78, 5) is 11.7. The van der Waals surface area contributed by atoms with Crippen LogP contribution >= 0.6 is 0 Å². The minimum absolute atomic E-state index is 0.0688. The Bertz CT molecular complexity index is 575. The molecular weight excluding hydrogens is 212 g/mol. The summed E-state index contributed by atoms with van der Waals surface area (Å²) in [6.45, 7) is 0. The molecule has 0 aliphatic heterocycles. The van der Waals surface area contributed by atoms with Crippen molar-refractivity contribution in [1.82, 2.24) is 0 Å². The van der Waals surface area contributed by atoms with E-state index >= 15 is 0 Å². The van der Waals surface area contributed by atoms with Gasteiger partial charge in [-0.15, -0.1) is 6.42 Å². The summed E-state index contributed by atoms with van der Waals surface area (Å²) < 4.78 is 0. The number of benzene rings is 1. The SMILES string of the molecule is C#Cc1cccc2c1CC1/C(=C/O)C(=O)CC21. The van der Waals surface area contributed by atoms with E-state index < -0.39 is 0 Å². The molecule has 0 aromatic heterocycles. The minimum Gasteiger partial charge on any atom is -0.515 e. The zero-order chi connectivity index (χ0) is 12.0. The van der Waals surface area contributed by atoms with E-state index in [0.29, 0.717) is 12.0 Å². The second-order valence-corrected chi connectivity index (χ2v) is 4.65. The molecule has 2 nitrogen and oxygen atoms in total. The van der Waals surface area contributed by atoms with Gasteiger partial charge in [0.2, 0.25) is 0 Å². The highest BCUT2D eigenvalue weighted by Crippen LogP contribution is 2.49. The normalized spacial score (nSPS) is 27.9. The van der Waals surface area contributed by atoms with Crippen molar-refractivity contribution in [3.8, 4) is 12.3 Å². The lowest BCUT2D eigenvalue weighted by molar-refractivity contribution is -0.114. The predicted molar refractivity (Wildman–Crippen MR) is 64.6 cm³/mol. The number of aliphatic hydroxyl groups is 1. The maximum absolute atomic E-state index is 11.7. The Morgan fingerprint density at radius 1 is 1.35 bits per heavy atom. The molecule has 84 valence electrons. The second-order valence-electron chi connectivity index (χ2n) is 4.65. The van der Waals surface area contributed by atoms with Gasteiger partial charge in [-0.3, -0.25) is 4.79 Å². The lowest BCUT2D eigenvalue weighted by Gasteiger charge is -2.08. The van der Waals surface area contributed by atoms with E-state index in [-0.39, 0.29) is 17.6 Å². The predicted octanol–water partition coefficient (Wildman–Crippen LogP) is 2.34. The van der Waals surface area contributed by atoms with Crippen molar-refractivity contribution in [3.05, 3.63) is 46.7 Å². The van der Waals surface area contributed by atoms with E-state index in [1.54, 1.807) is 0 Å². The maximum atomic E-state index is 11.7. The van der Waals surface area contributed by atoms with Crippen LogP contribution in [-0.4, -0.2) is 10.9 Å². The number of allylic oxidation sites excluding steroid dienone is 1. The van der Waals surface area contributed by atoms with Crippen LogP contribution in [0.25, 0.3) is 0 Å². The summed E-state index contributed by atoms with van der Waals surface area (Å²) in [5, 5.41) is 9.17. The van der Waals surface area contributed by atoms with Crippen molar-refractivity contribution in [1.29, 1.82) is 0 Å². The Morgan fingerprint density at radius 2 is 2.18 bits per heavy atom. The molecular formula is C15H12O2. The Morgan fingerprint density at radius 3 is 2.88 bits per heavy atom. The number of hydrogen-bond acceptors (Lipinski definition) is 2. The highest BCUT2D eigenvalue weighted by molar-refractivity contribution is 5.99. The number of fused-ring (bicyclic) bond motifs is 3. The lowest BCUT2D eigenvalue weighted by atomic mass is 9.95. The molecule has 0 spiro atoms. The first kappa shape index (κ1) is 10.2. The van der Waals surface area contributed by atoms with E-state index in [1.165, 1.54) is 11.1 Å². The summed E-state index contributed by atoms with van der Waals surface area (Å²) in [6, 6.07) is 5.93. The van der Waals surface area contributed by atoms with E-state index in [1.807, 2.05) is 12.1 Å². The van der Waals surface area contributed by atoms with Crippen LogP contribution in [0.3, 0.4) is 0 Å². The van der Waals surface area contributed by atoms with Gasteiger partial charge in [-0.1, -0.05) is 18.1 Å². The number of rotatable bonds is 0. The lowest BCUT2D eigenvalue weighted by Crippen LogP contribution is -2.03.